The van der Waals surface area contributed by atoms with E-state index in [1.807, 2.05) is 0 Å². The van der Waals surface area contributed by atoms with Gasteiger partial charge in [-0.2, -0.15) is 0 Å². The van der Waals surface area contributed by atoms with E-state index >= 15 is 0 Å². The first-order valence-corrected chi connectivity index (χ1v) is 7.45. The Labute approximate surface area is 142 Å². The first-order valence-electron chi connectivity index (χ1n) is 7.45. The van der Waals surface area contributed by atoms with Crippen LogP contribution in [-0.2, 0) is 19.1 Å². The molecule has 0 bridgehead atoms. The molecule has 2 atom stereocenters. The first-order chi connectivity index (χ1) is 11.8. The quantitative estimate of drug-likeness (QED) is 0.438. The molecular weight excluding hydrogens is 334 g/mol. The van der Waals surface area contributed by atoms with Crippen molar-refractivity contribution in [2.24, 2.45) is 0 Å². The maximum atomic E-state index is 12.1. The van der Waals surface area contributed by atoms with Crippen LogP contribution in [0.5, 0.6) is 5.75 Å². The monoisotopic (exact) mass is 351 g/mol. The molecule has 1 fully saturated rings. The van der Waals surface area contributed by atoms with Gasteiger partial charge in [0.15, 0.2) is 6.10 Å². The molecule has 0 aromatic heterocycles. The zero-order valence-corrected chi connectivity index (χ0v) is 13.6. The van der Waals surface area contributed by atoms with Gasteiger partial charge in [0.2, 0.25) is 5.91 Å². The summed E-state index contributed by atoms with van der Waals surface area (Å²) >= 11 is 0. The highest BCUT2D eigenvalue weighted by Crippen LogP contribution is 2.29. The minimum atomic E-state index is -1.19. The van der Waals surface area contributed by atoms with Crippen LogP contribution in [0.2, 0.25) is 0 Å². The summed E-state index contributed by atoms with van der Waals surface area (Å²) in [6, 6.07) is 3.16. The second-order valence-corrected chi connectivity index (χ2v) is 5.37. The summed E-state index contributed by atoms with van der Waals surface area (Å²) in [7, 11) is 1.36. The number of rotatable bonds is 6. The first kappa shape index (κ1) is 18.2. The van der Waals surface area contributed by atoms with Gasteiger partial charge in [-0.25, -0.2) is 4.79 Å². The molecule has 10 heteroatoms. The lowest BCUT2D eigenvalue weighted by atomic mass is 10.2. The molecule has 2 rings (SSSR count). The van der Waals surface area contributed by atoms with Gasteiger partial charge >= 0.3 is 5.97 Å². The molecule has 0 saturated carbocycles. The van der Waals surface area contributed by atoms with Crippen LogP contribution in [0.3, 0.4) is 0 Å². The molecular formula is C15H17N3O7. The van der Waals surface area contributed by atoms with Crippen molar-refractivity contribution < 1.29 is 28.8 Å². The molecule has 1 aliphatic rings. The van der Waals surface area contributed by atoms with Crippen LogP contribution in [0.4, 0.5) is 11.4 Å². The Kier molecular flexibility index (Phi) is 5.52. The number of nitro groups is 1. The lowest BCUT2D eigenvalue weighted by Crippen LogP contribution is -2.39. The van der Waals surface area contributed by atoms with Gasteiger partial charge in [-0.15, -0.1) is 0 Å². The van der Waals surface area contributed by atoms with Gasteiger partial charge < -0.3 is 20.1 Å². The summed E-state index contributed by atoms with van der Waals surface area (Å²) in [5, 5.41) is 15.9. The van der Waals surface area contributed by atoms with Crippen molar-refractivity contribution in [2.45, 2.75) is 31.9 Å². The predicted octanol–water partition coefficient (Wildman–Crippen LogP) is 0.752. The Bertz CT molecular complexity index is 719. The third-order valence-electron chi connectivity index (χ3n) is 3.60. The maximum absolute atomic E-state index is 12.1. The Morgan fingerprint density at radius 1 is 1.44 bits per heavy atom. The van der Waals surface area contributed by atoms with E-state index in [0.717, 1.165) is 0 Å². The van der Waals surface area contributed by atoms with Gasteiger partial charge in [-0.3, -0.25) is 19.7 Å². The molecule has 0 aliphatic carbocycles. The van der Waals surface area contributed by atoms with Gasteiger partial charge in [-0.05, 0) is 25.5 Å². The number of carbonyl (C=O) groups is 3. The molecule has 134 valence electrons. The second kappa shape index (κ2) is 7.60. The van der Waals surface area contributed by atoms with E-state index in [2.05, 4.69) is 10.6 Å². The zero-order valence-electron chi connectivity index (χ0n) is 13.6. The highest BCUT2D eigenvalue weighted by Gasteiger charge is 2.31. The fraction of sp³-hybridized carbons (Fsp3) is 0.400. The zero-order chi connectivity index (χ0) is 18.6. The summed E-state index contributed by atoms with van der Waals surface area (Å²) in [6.45, 7) is 1.33. The van der Waals surface area contributed by atoms with Crippen molar-refractivity contribution in [1.29, 1.82) is 0 Å². The molecule has 25 heavy (non-hydrogen) atoms. The molecule has 0 unspecified atom stereocenters. The number of hydrogen-bond acceptors (Lipinski definition) is 7. The number of nitrogens with zero attached hydrogens (tertiary/aromatic N) is 1. The van der Waals surface area contributed by atoms with Gasteiger partial charge in [0, 0.05) is 6.42 Å². The van der Waals surface area contributed by atoms with E-state index in [9.17, 15) is 24.5 Å². The largest absolute Gasteiger partial charge is 0.496 e. The van der Waals surface area contributed by atoms with Gasteiger partial charge in [0.25, 0.3) is 11.6 Å². The number of methoxy groups -OCH3 is 1. The van der Waals surface area contributed by atoms with E-state index in [0.29, 0.717) is 6.42 Å². The van der Waals surface area contributed by atoms with Crippen molar-refractivity contribution in [1.82, 2.24) is 5.32 Å². The highest BCUT2D eigenvalue weighted by atomic mass is 16.6. The fourth-order valence-corrected chi connectivity index (χ4v) is 2.23. The smallest absolute Gasteiger partial charge is 0.329 e. The Hall–Kier alpha value is -3.17. The lowest BCUT2D eigenvalue weighted by molar-refractivity contribution is -0.384. The predicted molar refractivity (Wildman–Crippen MR) is 85.0 cm³/mol. The van der Waals surface area contributed by atoms with Crippen molar-refractivity contribution in [3.05, 3.63) is 28.3 Å². The number of esters is 1. The summed E-state index contributed by atoms with van der Waals surface area (Å²) in [5.74, 6) is -1.45. The van der Waals surface area contributed by atoms with Crippen LogP contribution in [0.1, 0.15) is 19.8 Å². The van der Waals surface area contributed by atoms with E-state index in [1.165, 1.54) is 32.2 Å². The molecule has 10 nitrogen and oxygen atoms in total. The standard InChI is InChI=1S/C15H17N3O7/c1-8(25-15(21)11-5-6-13(19)16-11)14(20)17-10-4-3-9(24-2)7-12(10)18(22)23/h3-4,7-8,11H,5-6H2,1-2H3,(H,16,19)(H,17,20)/t8-,11-/m1/s1. The van der Waals surface area contributed by atoms with Crippen LogP contribution >= 0.6 is 0 Å². The summed E-state index contributed by atoms with van der Waals surface area (Å²) in [4.78, 5) is 45.5. The number of amides is 2. The number of anilines is 1. The van der Waals surface area contributed by atoms with Crippen LogP contribution in [0.25, 0.3) is 0 Å². The highest BCUT2D eigenvalue weighted by molar-refractivity contribution is 5.97. The van der Waals surface area contributed by atoms with Crippen molar-refractivity contribution >= 4 is 29.2 Å². The molecule has 1 saturated heterocycles. The van der Waals surface area contributed by atoms with Gasteiger partial charge in [-0.1, -0.05) is 0 Å². The summed E-state index contributed by atoms with van der Waals surface area (Å²) < 4.78 is 9.91. The van der Waals surface area contributed by atoms with Crippen molar-refractivity contribution in [2.75, 3.05) is 12.4 Å². The average Bonchev–Trinajstić information content (AvgIpc) is 3.01. The van der Waals surface area contributed by atoms with Crippen molar-refractivity contribution in [3.8, 4) is 5.75 Å². The molecule has 1 aromatic rings. The molecule has 1 aromatic carbocycles. The van der Waals surface area contributed by atoms with Gasteiger partial charge in [0.05, 0.1) is 18.1 Å². The Morgan fingerprint density at radius 3 is 2.72 bits per heavy atom. The van der Waals surface area contributed by atoms with Crippen LogP contribution in [0.15, 0.2) is 18.2 Å². The second-order valence-electron chi connectivity index (χ2n) is 5.37. The molecule has 0 radical (unpaired) electrons. The minimum absolute atomic E-state index is 0.0483. The normalized spacial score (nSPS) is 17.4. The minimum Gasteiger partial charge on any atom is -0.496 e. The SMILES string of the molecule is COc1ccc(NC(=O)[C@@H](C)OC(=O)[C@H]2CCC(=O)N2)c([N+](=O)[O-])c1. The van der Waals surface area contributed by atoms with E-state index in [1.54, 1.807) is 0 Å². The molecule has 2 N–H and O–H groups in total. The van der Waals surface area contributed by atoms with Crippen LogP contribution < -0.4 is 15.4 Å². The summed E-state index contributed by atoms with van der Waals surface area (Å²) in [6.07, 6.45) is -0.666. The summed E-state index contributed by atoms with van der Waals surface area (Å²) in [5.41, 5.74) is -0.401. The van der Waals surface area contributed by atoms with Crippen LogP contribution in [0, 0.1) is 10.1 Å². The number of hydrogen-bond donors (Lipinski definition) is 2. The Morgan fingerprint density at radius 2 is 2.16 bits per heavy atom. The van der Waals surface area contributed by atoms with E-state index in [4.69, 9.17) is 9.47 Å². The van der Waals surface area contributed by atoms with E-state index in [-0.39, 0.29) is 29.5 Å². The lowest BCUT2D eigenvalue weighted by Gasteiger charge is -2.16. The fourth-order valence-electron chi connectivity index (χ4n) is 2.23. The molecule has 2 amide bonds. The number of ether oxygens (including phenoxy) is 2. The third-order valence-corrected chi connectivity index (χ3v) is 3.60. The maximum Gasteiger partial charge on any atom is 0.329 e. The topological polar surface area (TPSA) is 137 Å². The number of carbonyl (C=O) groups excluding carboxylic acids is 3. The number of nitro benzene ring substituents is 1. The number of nitrogens with one attached hydrogen (secondary N) is 2. The molecule has 0 spiro atoms. The number of benzene rings is 1. The molecule has 1 heterocycles. The Balaban J connectivity index is 2.02. The van der Waals surface area contributed by atoms with Crippen molar-refractivity contribution in [3.63, 3.8) is 0 Å². The third kappa shape index (κ3) is 4.43. The van der Waals surface area contributed by atoms with Gasteiger partial charge in [0.1, 0.15) is 17.5 Å². The average molecular weight is 351 g/mol. The molecule has 1 aliphatic heterocycles. The van der Waals surface area contributed by atoms with E-state index < -0.39 is 28.9 Å². The van der Waals surface area contributed by atoms with Crippen LogP contribution in [-0.4, -0.2) is 42.0 Å².